The smallest absolute Gasteiger partial charge is 0.274 e. The number of nitriles is 1. The van der Waals surface area contributed by atoms with E-state index in [4.69, 9.17) is 0 Å². The van der Waals surface area contributed by atoms with Gasteiger partial charge >= 0.3 is 0 Å². The number of hydrogen-bond acceptors (Lipinski definition) is 7. The minimum absolute atomic E-state index is 0.143. The van der Waals surface area contributed by atoms with Gasteiger partial charge in [-0.15, -0.1) is 5.10 Å². The van der Waals surface area contributed by atoms with Crippen molar-refractivity contribution < 1.29 is 19.2 Å². The Bertz CT molecular complexity index is 1530. The lowest BCUT2D eigenvalue weighted by atomic mass is 10.0. The second-order valence-corrected chi connectivity index (χ2v) is 9.52. The summed E-state index contributed by atoms with van der Waals surface area (Å²) >= 11 is 0. The van der Waals surface area contributed by atoms with E-state index in [1.54, 1.807) is 36.4 Å². The first-order valence-corrected chi connectivity index (χ1v) is 11.9. The molecule has 1 unspecified atom stereocenters. The molecule has 1 atom stereocenters. The Morgan fingerprint density at radius 1 is 1.16 bits per heavy atom. The number of carbonyl (C=O) groups is 4. The van der Waals surface area contributed by atoms with Crippen LogP contribution in [0, 0.1) is 11.3 Å². The molecule has 0 bridgehead atoms. The van der Waals surface area contributed by atoms with Crippen LogP contribution < -0.4 is 10.6 Å². The Morgan fingerprint density at radius 3 is 2.76 bits per heavy atom. The van der Waals surface area contributed by atoms with Crippen LogP contribution in [-0.2, 0) is 21.7 Å². The molecule has 4 amide bonds. The number of benzene rings is 2. The van der Waals surface area contributed by atoms with Crippen LogP contribution >= 0.6 is 0 Å². The Hall–Kier alpha value is -4.85. The van der Waals surface area contributed by atoms with Crippen LogP contribution in [0.3, 0.4) is 0 Å². The maximum absolute atomic E-state index is 13.0. The fourth-order valence-electron chi connectivity index (χ4n) is 4.98. The molecule has 1 aliphatic carbocycles. The van der Waals surface area contributed by atoms with Gasteiger partial charge in [0.15, 0.2) is 5.69 Å². The average Bonchev–Trinajstić information content (AvgIpc) is 3.37. The first kappa shape index (κ1) is 22.6. The third-order valence-electron chi connectivity index (χ3n) is 7.14. The summed E-state index contributed by atoms with van der Waals surface area (Å²) in [5.74, 6) is -1.42. The Labute approximate surface area is 211 Å². The van der Waals surface area contributed by atoms with Crippen molar-refractivity contribution in [2.24, 2.45) is 0 Å². The zero-order valence-electron chi connectivity index (χ0n) is 19.6. The molecule has 3 aromatic rings. The molecule has 2 aliphatic heterocycles. The molecule has 6 rings (SSSR count). The van der Waals surface area contributed by atoms with Gasteiger partial charge in [-0.25, -0.2) is 4.68 Å². The van der Waals surface area contributed by atoms with E-state index in [0.717, 1.165) is 24.0 Å². The van der Waals surface area contributed by atoms with E-state index in [0.29, 0.717) is 23.2 Å². The van der Waals surface area contributed by atoms with Crippen LogP contribution in [0.2, 0.25) is 0 Å². The van der Waals surface area contributed by atoms with E-state index in [-0.39, 0.29) is 36.4 Å². The third-order valence-corrected chi connectivity index (χ3v) is 7.14. The minimum atomic E-state index is -0.689. The van der Waals surface area contributed by atoms with Crippen molar-refractivity contribution in [1.82, 2.24) is 30.5 Å². The highest BCUT2D eigenvalue weighted by molar-refractivity contribution is 6.05. The summed E-state index contributed by atoms with van der Waals surface area (Å²) < 4.78 is 1.46. The Morgan fingerprint density at radius 2 is 2.00 bits per heavy atom. The lowest BCUT2D eigenvalue weighted by Crippen LogP contribution is -2.52. The van der Waals surface area contributed by atoms with Crippen molar-refractivity contribution in [2.45, 2.75) is 43.8 Å². The van der Waals surface area contributed by atoms with Gasteiger partial charge in [-0.3, -0.25) is 24.5 Å². The quantitative estimate of drug-likeness (QED) is 0.507. The normalized spacial score (nSPS) is 19.7. The molecule has 3 aliphatic rings. The van der Waals surface area contributed by atoms with Gasteiger partial charge < -0.3 is 10.2 Å². The fraction of sp³-hybridized carbons (Fsp3) is 0.269. The van der Waals surface area contributed by atoms with E-state index < -0.39 is 17.5 Å². The topological polar surface area (TPSA) is 150 Å². The van der Waals surface area contributed by atoms with Gasteiger partial charge in [0.1, 0.15) is 6.04 Å². The zero-order chi connectivity index (χ0) is 25.7. The van der Waals surface area contributed by atoms with Crippen molar-refractivity contribution in [3.05, 3.63) is 76.6 Å². The van der Waals surface area contributed by atoms with E-state index >= 15 is 0 Å². The molecule has 37 heavy (non-hydrogen) atoms. The Balaban J connectivity index is 1.18. The molecule has 1 saturated heterocycles. The van der Waals surface area contributed by atoms with Gasteiger partial charge in [-0.2, -0.15) is 5.26 Å². The summed E-state index contributed by atoms with van der Waals surface area (Å²) in [5.41, 5.74) is 2.88. The van der Waals surface area contributed by atoms with Gasteiger partial charge in [-0.1, -0.05) is 17.3 Å². The molecule has 0 radical (unpaired) electrons. The van der Waals surface area contributed by atoms with Crippen molar-refractivity contribution >= 4 is 23.6 Å². The van der Waals surface area contributed by atoms with Gasteiger partial charge in [0.05, 0.1) is 29.1 Å². The summed E-state index contributed by atoms with van der Waals surface area (Å²) in [5, 5.41) is 22.6. The molecule has 1 saturated carbocycles. The van der Waals surface area contributed by atoms with Crippen LogP contribution in [0.4, 0.5) is 0 Å². The summed E-state index contributed by atoms with van der Waals surface area (Å²) in [7, 11) is 0. The van der Waals surface area contributed by atoms with Crippen molar-refractivity contribution in [2.75, 3.05) is 0 Å². The number of nitrogens with one attached hydrogen (secondary N) is 2. The van der Waals surface area contributed by atoms with E-state index in [1.807, 2.05) is 6.07 Å². The second kappa shape index (κ2) is 8.37. The molecule has 2 fully saturated rings. The summed E-state index contributed by atoms with van der Waals surface area (Å²) in [6.07, 6.45) is 3.54. The maximum atomic E-state index is 13.0. The van der Waals surface area contributed by atoms with Crippen molar-refractivity contribution in [3.8, 4) is 11.8 Å². The molecular weight excluding hydrogens is 474 g/mol. The molecule has 2 aromatic carbocycles. The van der Waals surface area contributed by atoms with E-state index in [1.165, 1.54) is 15.8 Å². The van der Waals surface area contributed by atoms with Crippen LogP contribution in [-0.4, -0.2) is 49.6 Å². The molecule has 1 aromatic heterocycles. The van der Waals surface area contributed by atoms with Crippen LogP contribution in [0.5, 0.6) is 0 Å². The summed E-state index contributed by atoms with van der Waals surface area (Å²) in [6, 6.07) is 13.8. The number of nitrogens with zero attached hydrogens (tertiary/aromatic N) is 5. The predicted octanol–water partition coefficient (Wildman–Crippen LogP) is 1.32. The number of rotatable bonds is 5. The molecule has 184 valence electrons. The largest absolute Gasteiger partial charge is 0.341 e. The summed E-state index contributed by atoms with van der Waals surface area (Å²) in [4.78, 5) is 51.1. The van der Waals surface area contributed by atoms with Crippen LogP contribution in [0.1, 0.15) is 63.2 Å². The number of carbonyl (C=O) groups excluding carboxylic acids is 4. The highest BCUT2D eigenvalue weighted by atomic mass is 16.2. The average molecular weight is 495 g/mol. The van der Waals surface area contributed by atoms with Crippen molar-refractivity contribution in [1.29, 1.82) is 5.26 Å². The lowest BCUT2D eigenvalue weighted by Gasteiger charge is -2.29. The van der Waals surface area contributed by atoms with Crippen molar-refractivity contribution in [3.63, 3.8) is 0 Å². The lowest BCUT2D eigenvalue weighted by molar-refractivity contribution is -0.136. The first-order valence-electron chi connectivity index (χ1n) is 11.9. The standard InChI is InChI=1S/C26H21N7O4/c27-12-15-2-1-3-17(10-15)26(8-9-26)29-23(35)20-14-33(31-30-20)18-4-5-19-16(11-18)13-32(25(19)37)21-6-7-22(34)28-24(21)36/h1-5,10-11,14,21H,6-9,13H2,(H,29,35)(H,28,34,36). The van der Waals surface area contributed by atoms with Gasteiger partial charge in [0.25, 0.3) is 11.8 Å². The maximum Gasteiger partial charge on any atom is 0.274 e. The number of amides is 4. The number of fused-ring (bicyclic) bond motifs is 1. The molecule has 2 N–H and O–H groups in total. The molecular formula is C26H21N7O4. The number of piperidine rings is 1. The Kier molecular flexibility index (Phi) is 5.12. The van der Waals surface area contributed by atoms with E-state index in [9.17, 15) is 24.4 Å². The number of aromatic nitrogens is 3. The molecule has 3 heterocycles. The molecule has 11 nitrogen and oxygen atoms in total. The summed E-state index contributed by atoms with van der Waals surface area (Å²) in [6.45, 7) is 0.237. The zero-order valence-corrected chi connectivity index (χ0v) is 19.6. The van der Waals surface area contributed by atoms with Gasteiger partial charge in [0.2, 0.25) is 11.8 Å². The van der Waals surface area contributed by atoms with Crippen LogP contribution in [0.15, 0.2) is 48.7 Å². The number of hydrogen-bond donors (Lipinski definition) is 2. The SMILES string of the molecule is N#Cc1cccc(C2(NC(=O)c3cn(-c4ccc5c(c4)CN(C4CCC(=O)NC4=O)C5=O)nn3)CC2)c1. The second-order valence-electron chi connectivity index (χ2n) is 9.52. The minimum Gasteiger partial charge on any atom is -0.341 e. The predicted molar refractivity (Wildman–Crippen MR) is 127 cm³/mol. The third kappa shape index (κ3) is 3.92. The number of imide groups is 1. The van der Waals surface area contributed by atoms with Gasteiger partial charge in [-0.05, 0) is 60.7 Å². The fourth-order valence-corrected chi connectivity index (χ4v) is 4.98. The van der Waals surface area contributed by atoms with E-state index in [2.05, 4.69) is 27.0 Å². The molecule has 11 heteroatoms. The first-order chi connectivity index (χ1) is 17.9. The van der Waals surface area contributed by atoms with Gasteiger partial charge in [0, 0.05) is 18.5 Å². The highest BCUT2D eigenvalue weighted by Crippen LogP contribution is 2.45. The highest BCUT2D eigenvalue weighted by Gasteiger charge is 2.46. The monoisotopic (exact) mass is 495 g/mol. The molecule has 0 spiro atoms. The van der Waals surface area contributed by atoms with Crippen LogP contribution in [0.25, 0.3) is 5.69 Å².